The molecule has 1 heterocycles. The molecule has 0 fully saturated rings. The van der Waals surface area contributed by atoms with Crippen LogP contribution in [0.15, 0.2) is 27.1 Å². The van der Waals surface area contributed by atoms with Gasteiger partial charge in [0.15, 0.2) is 5.76 Å². The molecule has 0 spiro atoms. The third-order valence-corrected chi connectivity index (χ3v) is 4.40. The number of halogens is 1. The molecule has 0 atom stereocenters. The van der Waals surface area contributed by atoms with Crippen molar-refractivity contribution < 1.29 is 9.21 Å². The van der Waals surface area contributed by atoms with Gasteiger partial charge in [-0.15, -0.1) is 0 Å². The lowest BCUT2D eigenvalue weighted by Gasteiger charge is -2.25. The number of carbonyl (C=O) groups excluding carboxylic acids is 1. The molecule has 0 N–H and O–H groups in total. The second-order valence-electron chi connectivity index (χ2n) is 5.08. The van der Waals surface area contributed by atoms with Gasteiger partial charge in [0.25, 0.3) is 5.91 Å². The van der Waals surface area contributed by atoms with Gasteiger partial charge in [-0.1, -0.05) is 29.8 Å². The predicted molar refractivity (Wildman–Crippen MR) is 85.1 cm³/mol. The fraction of sp³-hybridized carbons (Fsp3) is 0.438. The molecule has 0 unspecified atom stereocenters. The van der Waals surface area contributed by atoms with Crippen molar-refractivity contribution in [3.05, 3.63) is 34.0 Å². The number of hydrogen-bond acceptors (Lipinski definition) is 2. The summed E-state index contributed by atoms with van der Waals surface area (Å²) >= 11 is 3.45. The molecule has 108 valence electrons. The number of hydrogen-bond donors (Lipinski definition) is 0. The fourth-order valence-corrected chi connectivity index (χ4v) is 2.92. The van der Waals surface area contributed by atoms with Gasteiger partial charge < -0.3 is 9.32 Å². The Hall–Kier alpha value is -1.29. The van der Waals surface area contributed by atoms with Crippen molar-refractivity contribution >= 4 is 32.8 Å². The van der Waals surface area contributed by atoms with Gasteiger partial charge >= 0.3 is 0 Å². The first kappa shape index (κ1) is 15.1. The van der Waals surface area contributed by atoms with E-state index in [0.29, 0.717) is 5.76 Å². The largest absolute Gasteiger partial charge is 0.451 e. The van der Waals surface area contributed by atoms with Crippen LogP contribution in [0.25, 0.3) is 11.0 Å². The van der Waals surface area contributed by atoms with Crippen molar-refractivity contribution in [2.75, 3.05) is 7.05 Å². The summed E-state index contributed by atoms with van der Waals surface area (Å²) in [5.74, 6) is 0.413. The highest BCUT2D eigenvalue weighted by atomic mass is 79.9. The first-order valence-electron chi connectivity index (χ1n) is 6.95. The normalized spacial score (nSPS) is 11.3. The Morgan fingerprint density at radius 3 is 2.60 bits per heavy atom. The average molecular weight is 338 g/mol. The lowest BCUT2D eigenvalue weighted by atomic mass is 10.1. The number of rotatable bonds is 4. The zero-order valence-electron chi connectivity index (χ0n) is 12.4. The van der Waals surface area contributed by atoms with E-state index in [1.165, 1.54) is 0 Å². The Kier molecular flexibility index (Phi) is 4.53. The molecule has 0 aliphatic rings. The third kappa shape index (κ3) is 2.62. The van der Waals surface area contributed by atoms with Gasteiger partial charge in [-0.25, -0.2) is 0 Å². The minimum absolute atomic E-state index is 0.0384. The summed E-state index contributed by atoms with van der Waals surface area (Å²) in [5, 5.41) is 0.987. The predicted octanol–water partition coefficient (Wildman–Crippen LogP) is 4.76. The smallest absolute Gasteiger partial charge is 0.289 e. The van der Waals surface area contributed by atoms with E-state index in [1.54, 1.807) is 4.90 Å². The van der Waals surface area contributed by atoms with Gasteiger partial charge in [0.2, 0.25) is 0 Å². The molecule has 2 aromatic rings. The zero-order chi connectivity index (χ0) is 14.9. The summed E-state index contributed by atoms with van der Waals surface area (Å²) in [6.45, 7) is 6.13. The summed E-state index contributed by atoms with van der Waals surface area (Å²) in [6, 6.07) is 6.05. The molecule has 0 saturated heterocycles. The molecule has 0 saturated carbocycles. The topological polar surface area (TPSA) is 33.5 Å². The van der Waals surface area contributed by atoms with Crippen molar-refractivity contribution in [3.63, 3.8) is 0 Å². The number of furan rings is 1. The van der Waals surface area contributed by atoms with Crippen LogP contribution in [-0.2, 0) is 0 Å². The number of amides is 1. The lowest BCUT2D eigenvalue weighted by Crippen LogP contribution is -2.36. The molecule has 0 bridgehead atoms. The molecule has 0 aliphatic carbocycles. The Morgan fingerprint density at radius 2 is 2.00 bits per heavy atom. The molecule has 1 aromatic heterocycles. The van der Waals surface area contributed by atoms with Crippen molar-refractivity contribution in [2.45, 2.75) is 39.7 Å². The van der Waals surface area contributed by atoms with Crippen LogP contribution in [0, 0.1) is 6.92 Å². The van der Waals surface area contributed by atoms with Crippen LogP contribution >= 0.6 is 15.9 Å². The average Bonchev–Trinajstić information content (AvgIpc) is 2.76. The molecule has 20 heavy (non-hydrogen) atoms. The van der Waals surface area contributed by atoms with Gasteiger partial charge in [-0.3, -0.25) is 4.79 Å². The van der Waals surface area contributed by atoms with E-state index in [2.05, 4.69) is 29.8 Å². The van der Waals surface area contributed by atoms with Gasteiger partial charge in [0.1, 0.15) is 5.58 Å². The number of benzene rings is 1. The summed E-state index contributed by atoms with van der Waals surface area (Å²) in [6.07, 6.45) is 1.90. The molecule has 0 radical (unpaired) electrons. The Bertz CT molecular complexity index is 629. The van der Waals surface area contributed by atoms with Crippen molar-refractivity contribution in [3.8, 4) is 0 Å². The van der Waals surface area contributed by atoms with Crippen molar-refractivity contribution in [1.82, 2.24) is 4.90 Å². The van der Waals surface area contributed by atoms with Crippen LogP contribution in [0.4, 0.5) is 0 Å². The molecule has 0 aliphatic heterocycles. The quantitative estimate of drug-likeness (QED) is 0.805. The van der Waals surface area contributed by atoms with Crippen LogP contribution in [-0.4, -0.2) is 23.9 Å². The second-order valence-corrected chi connectivity index (χ2v) is 6.00. The van der Waals surface area contributed by atoms with Gasteiger partial charge in [0.05, 0.1) is 0 Å². The van der Waals surface area contributed by atoms with Crippen molar-refractivity contribution in [2.24, 2.45) is 0 Å². The maximum absolute atomic E-state index is 12.6. The third-order valence-electron chi connectivity index (χ3n) is 3.90. The van der Waals surface area contributed by atoms with Crippen molar-refractivity contribution in [1.29, 1.82) is 0 Å². The summed E-state index contributed by atoms with van der Waals surface area (Å²) in [7, 11) is 1.85. The molecule has 4 heteroatoms. The molecule has 3 nitrogen and oxygen atoms in total. The molecule has 1 aromatic carbocycles. The van der Waals surface area contributed by atoms with E-state index in [1.807, 2.05) is 32.2 Å². The monoisotopic (exact) mass is 337 g/mol. The van der Waals surface area contributed by atoms with Crippen LogP contribution in [0.1, 0.15) is 42.8 Å². The zero-order valence-corrected chi connectivity index (χ0v) is 14.0. The fourth-order valence-electron chi connectivity index (χ4n) is 2.56. The number of aryl methyl sites for hydroxylation is 1. The van der Waals surface area contributed by atoms with E-state index >= 15 is 0 Å². The first-order chi connectivity index (χ1) is 9.49. The standard InChI is InChI=1S/C16H20BrNO2/c1-5-12(6-2)18(4)16(19)15-10(3)13-9-11(17)7-8-14(13)20-15/h7-9,12H,5-6H2,1-4H3. The number of nitrogens with zero attached hydrogens (tertiary/aromatic N) is 1. The SMILES string of the molecule is CCC(CC)N(C)C(=O)c1oc2ccc(Br)cc2c1C. The Morgan fingerprint density at radius 1 is 1.35 bits per heavy atom. The molecular formula is C16H20BrNO2. The van der Waals surface area contributed by atoms with Gasteiger partial charge in [-0.2, -0.15) is 0 Å². The Labute approximate surface area is 128 Å². The molecule has 2 rings (SSSR count). The van der Waals surface area contributed by atoms with Crippen LogP contribution in [0.3, 0.4) is 0 Å². The highest BCUT2D eigenvalue weighted by Gasteiger charge is 2.24. The van der Waals surface area contributed by atoms with E-state index in [4.69, 9.17) is 4.42 Å². The maximum atomic E-state index is 12.6. The van der Waals surface area contributed by atoms with E-state index in [-0.39, 0.29) is 11.9 Å². The molecule has 1 amide bonds. The minimum Gasteiger partial charge on any atom is -0.451 e. The summed E-state index contributed by atoms with van der Waals surface area (Å²) in [4.78, 5) is 14.4. The summed E-state index contributed by atoms with van der Waals surface area (Å²) in [5.41, 5.74) is 1.66. The van der Waals surface area contributed by atoms with Crippen LogP contribution in [0.5, 0.6) is 0 Å². The second kappa shape index (κ2) is 6.00. The Balaban J connectivity index is 2.42. The van der Waals surface area contributed by atoms with E-state index in [0.717, 1.165) is 33.8 Å². The maximum Gasteiger partial charge on any atom is 0.289 e. The van der Waals surface area contributed by atoms with Gasteiger partial charge in [0, 0.05) is 28.5 Å². The van der Waals surface area contributed by atoms with Crippen LogP contribution in [0.2, 0.25) is 0 Å². The molecular weight excluding hydrogens is 318 g/mol. The number of carbonyl (C=O) groups is 1. The first-order valence-corrected chi connectivity index (χ1v) is 7.74. The van der Waals surface area contributed by atoms with Gasteiger partial charge in [-0.05, 0) is 38.0 Å². The van der Waals surface area contributed by atoms with Crippen LogP contribution < -0.4 is 0 Å². The van der Waals surface area contributed by atoms with E-state index in [9.17, 15) is 4.79 Å². The lowest BCUT2D eigenvalue weighted by molar-refractivity contribution is 0.0693. The number of fused-ring (bicyclic) bond motifs is 1. The minimum atomic E-state index is -0.0384. The highest BCUT2D eigenvalue weighted by molar-refractivity contribution is 9.10. The highest BCUT2D eigenvalue weighted by Crippen LogP contribution is 2.29. The van der Waals surface area contributed by atoms with E-state index < -0.39 is 0 Å². The summed E-state index contributed by atoms with van der Waals surface area (Å²) < 4.78 is 6.75.